The zero-order chi connectivity index (χ0) is 36.0. The smallest absolute Gasteiger partial charge is 0.408 e. The number of amides is 3. The molecule has 12 nitrogen and oxygen atoms in total. The molecule has 51 heavy (non-hydrogen) atoms. The minimum atomic E-state index is -0.622. The second-order valence-electron chi connectivity index (χ2n) is 15.3. The molecule has 0 spiro atoms. The monoisotopic (exact) mass is 713 g/mol. The number of H-pyrrole nitrogens is 2. The molecule has 4 bridgehead atoms. The Kier molecular flexibility index (Phi) is 7.99. The van der Waals surface area contributed by atoms with E-state index < -0.39 is 16.9 Å². The average molecular weight is 714 g/mol. The molecule has 268 valence electrons. The van der Waals surface area contributed by atoms with Crippen molar-refractivity contribution in [1.82, 2.24) is 25.1 Å². The number of alkyl halides is 1. The van der Waals surface area contributed by atoms with Crippen LogP contribution in [0.5, 0.6) is 5.75 Å². The van der Waals surface area contributed by atoms with Crippen molar-refractivity contribution in [2.24, 2.45) is 21.9 Å². The van der Waals surface area contributed by atoms with Crippen molar-refractivity contribution in [3.05, 3.63) is 62.4 Å². The fourth-order valence-electron chi connectivity index (χ4n) is 9.57. The van der Waals surface area contributed by atoms with Gasteiger partial charge in [-0.05, 0) is 80.1 Å². The Hall–Kier alpha value is -4.42. The lowest BCUT2D eigenvalue weighted by Gasteiger charge is -2.69. The van der Waals surface area contributed by atoms with E-state index in [1.807, 2.05) is 49.2 Å². The summed E-state index contributed by atoms with van der Waals surface area (Å²) >= 11 is 6.53. The Bertz CT molecular complexity index is 2160. The van der Waals surface area contributed by atoms with E-state index in [1.54, 1.807) is 13.1 Å². The van der Waals surface area contributed by atoms with E-state index in [2.05, 4.69) is 27.4 Å². The maximum absolute atomic E-state index is 14.6. The second kappa shape index (κ2) is 12.1. The molecule has 2 unspecified atom stereocenters. The van der Waals surface area contributed by atoms with Crippen molar-refractivity contribution >= 4 is 57.4 Å². The zero-order valence-electron chi connectivity index (χ0n) is 29.7. The molecule has 3 aromatic rings. The minimum Gasteiger partial charge on any atom is -0.408 e. The quantitative estimate of drug-likeness (QED) is 0.221. The summed E-state index contributed by atoms with van der Waals surface area (Å²) in [7, 11) is 3.53. The number of aromatic nitrogens is 2. The van der Waals surface area contributed by atoms with Crippen LogP contribution in [-0.2, 0) is 9.59 Å². The van der Waals surface area contributed by atoms with Crippen LogP contribution in [0.2, 0.25) is 0 Å². The van der Waals surface area contributed by atoms with E-state index in [0.717, 1.165) is 56.2 Å². The van der Waals surface area contributed by atoms with Gasteiger partial charge in [-0.3, -0.25) is 9.59 Å². The molecule has 6 aliphatic rings. The summed E-state index contributed by atoms with van der Waals surface area (Å²) in [5.41, 5.74) is 5.60. The van der Waals surface area contributed by atoms with E-state index in [1.165, 1.54) is 4.90 Å². The zero-order valence-corrected chi connectivity index (χ0v) is 30.5. The van der Waals surface area contributed by atoms with Gasteiger partial charge >= 0.3 is 6.09 Å². The molecule has 0 radical (unpaired) electrons. The topological polar surface area (TPSA) is 143 Å². The van der Waals surface area contributed by atoms with Crippen molar-refractivity contribution in [1.29, 1.82) is 0 Å². The molecular formula is C38H44ClN7O5. The predicted octanol–water partition coefficient (Wildman–Crippen LogP) is 4.48. The third-order valence-corrected chi connectivity index (χ3v) is 12.6. The number of likely N-dealkylation sites (tertiary alicyclic amines) is 1. The number of nitrogens with zero attached hydrogens (tertiary/aromatic N) is 4. The number of ether oxygens (including phenoxy) is 1. The molecule has 13 heteroatoms. The Labute approximate surface area is 300 Å². The molecule has 9 rings (SSSR count). The largest absolute Gasteiger partial charge is 0.415 e. The SMILES string of the molecule is CCC1CN(C(=O)C23CC(C(=O)N4CC(CCl)C5=c6c(C)c[nH]c6=C(N=O)C=C4C5)(C2)C3)c2cc(OC(=O)N(C)CCNC)c3[nH]cc(C)c3c21. The van der Waals surface area contributed by atoms with Gasteiger partial charge in [0.25, 0.3) is 0 Å². The van der Waals surface area contributed by atoms with Crippen molar-refractivity contribution in [2.45, 2.75) is 58.8 Å². The molecule has 3 amide bonds. The standard InChI is InChI=1S/C38H44ClN7O5/c1-6-22-15-46(27-11-28(51-36(49)44(5)8-7-40-4)33-30(31(22)27)21(3)14-42-33)35(48)38-17-37(18-38,19-38)34(47)45-16-23(12-39)25-9-24(45)10-26(43-50)32-29(25)20(2)13-41-32/h10-11,13-14,22-23,40-42H,6-9,12,15-19H2,1-5H3. The summed E-state index contributed by atoms with van der Waals surface area (Å²) in [6, 6.07) is 1.84. The number of benzene rings is 1. The number of nitrogens with one attached hydrogen (secondary N) is 3. The highest BCUT2D eigenvalue weighted by atomic mass is 35.5. The number of piperidine rings is 1. The fourth-order valence-corrected chi connectivity index (χ4v) is 9.86. The van der Waals surface area contributed by atoms with E-state index in [9.17, 15) is 19.3 Å². The van der Waals surface area contributed by atoms with Gasteiger partial charge in [0, 0.05) is 92.1 Å². The van der Waals surface area contributed by atoms with Crippen molar-refractivity contribution in [3.8, 4) is 5.75 Å². The predicted molar refractivity (Wildman–Crippen MR) is 196 cm³/mol. The Balaban J connectivity index is 1.06. The third-order valence-electron chi connectivity index (χ3n) is 12.2. The summed E-state index contributed by atoms with van der Waals surface area (Å²) in [4.78, 5) is 65.8. The van der Waals surface area contributed by atoms with Gasteiger partial charge in [-0.2, -0.15) is 0 Å². The highest BCUT2D eigenvalue weighted by molar-refractivity contribution is 6.18. The van der Waals surface area contributed by atoms with E-state index >= 15 is 0 Å². The number of fused-ring (bicyclic) bond motifs is 6. The van der Waals surface area contributed by atoms with Gasteiger partial charge in [-0.1, -0.05) is 6.92 Å². The van der Waals surface area contributed by atoms with Crippen LogP contribution in [-0.4, -0.2) is 83.8 Å². The van der Waals surface area contributed by atoms with Gasteiger partial charge in [-0.15, -0.1) is 16.5 Å². The van der Waals surface area contributed by atoms with Gasteiger partial charge < -0.3 is 34.7 Å². The molecule has 3 N–H and O–H groups in total. The number of nitroso groups, excluding NO2 is 1. The summed E-state index contributed by atoms with van der Waals surface area (Å²) in [5.74, 6) is 0.829. The molecule has 2 aliphatic heterocycles. The maximum Gasteiger partial charge on any atom is 0.415 e. The third kappa shape index (κ3) is 4.85. The van der Waals surface area contributed by atoms with Gasteiger partial charge in [0.1, 0.15) is 5.70 Å². The van der Waals surface area contributed by atoms with Gasteiger partial charge in [0.05, 0.1) is 27.4 Å². The van der Waals surface area contributed by atoms with Crippen LogP contribution in [0.1, 0.15) is 61.6 Å². The Morgan fingerprint density at radius 1 is 1.06 bits per heavy atom. The molecular weight excluding hydrogens is 670 g/mol. The average Bonchev–Trinajstić information content (AvgIpc) is 3.75. The number of hydrogen-bond acceptors (Lipinski definition) is 7. The first-order valence-electron chi connectivity index (χ1n) is 17.9. The van der Waals surface area contributed by atoms with Crippen LogP contribution < -0.4 is 25.5 Å². The van der Waals surface area contributed by atoms with Crippen molar-refractivity contribution < 1.29 is 19.1 Å². The molecule has 3 saturated carbocycles. The lowest BCUT2D eigenvalue weighted by Crippen LogP contribution is -2.73. The number of allylic oxidation sites excluding steroid dienone is 1. The van der Waals surface area contributed by atoms with Crippen molar-refractivity contribution in [2.75, 3.05) is 51.1 Å². The molecule has 4 aliphatic carbocycles. The fraction of sp³-hybridized carbons (Fsp3) is 0.500. The molecule has 4 heterocycles. The van der Waals surface area contributed by atoms with Crippen LogP contribution in [0.25, 0.3) is 22.2 Å². The molecule has 1 saturated heterocycles. The van der Waals surface area contributed by atoms with Crippen LogP contribution in [0, 0.1) is 35.5 Å². The first-order chi connectivity index (χ1) is 24.5. The first kappa shape index (κ1) is 33.7. The molecule has 4 fully saturated rings. The van der Waals surface area contributed by atoms with Crippen LogP contribution in [0.15, 0.2) is 35.4 Å². The number of carbonyl (C=O) groups is 3. The van der Waals surface area contributed by atoms with Gasteiger partial charge in [0.15, 0.2) is 5.75 Å². The summed E-state index contributed by atoms with van der Waals surface area (Å²) in [6.45, 7) is 8.25. The number of anilines is 1. The Morgan fingerprint density at radius 3 is 2.41 bits per heavy atom. The van der Waals surface area contributed by atoms with Crippen LogP contribution in [0.3, 0.4) is 0 Å². The second-order valence-corrected chi connectivity index (χ2v) is 15.6. The van der Waals surface area contributed by atoms with E-state index in [0.29, 0.717) is 68.8 Å². The number of hydrogen-bond donors (Lipinski definition) is 3. The maximum atomic E-state index is 14.6. The first-order valence-corrected chi connectivity index (χ1v) is 18.4. The van der Waals surface area contributed by atoms with Gasteiger partial charge in [-0.25, -0.2) is 4.79 Å². The van der Waals surface area contributed by atoms with Gasteiger partial charge in [0.2, 0.25) is 11.8 Å². The van der Waals surface area contributed by atoms with Crippen LogP contribution >= 0.6 is 11.6 Å². The highest BCUT2D eigenvalue weighted by Gasteiger charge is 2.76. The summed E-state index contributed by atoms with van der Waals surface area (Å²) in [6.07, 6.45) is 7.88. The van der Waals surface area contributed by atoms with Crippen molar-refractivity contribution in [3.63, 3.8) is 0 Å². The number of aryl methyl sites for hydroxylation is 2. The van der Waals surface area contributed by atoms with E-state index in [4.69, 9.17) is 16.3 Å². The number of likely N-dealkylation sites (N-methyl/N-ethyl adjacent to an activating group) is 2. The summed E-state index contributed by atoms with van der Waals surface area (Å²) in [5, 5.41) is 9.03. The molecule has 2 atom stereocenters. The molecule has 2 aromatic heterocycles. The minimum absolute atomic E-state index is 0.000345. The molecule has 1 aromatic carbocycles. The highest BCUT2D eigenvalue weighted by Crippen LogP contribution is 2.75. The lowest BCUT2D eigenvalue weighted by atomic mass is 9.34. The summed E-state index contributed by atoms with van der Waals surface area (Å²) < 4.78 is 5.96. The number of aromatic amines is 2. The van der Waals surface area contributed by atoms with E-state index in [-0.39, 0.29) is 29.3 Å². The number of carbonyl (C=O) groups excluding carboxylic acids is 3. The Morgan fingerprint density at radius 2 is 1.75 bits per heavy atom. The number of rotatable bonds is 9. The normalized spacial score (nSPS) is 25.8. The lowest BCUT2D eigenvalue weighted by molar-refractivity contribution is -0.213. The van der Waals surface area contributed by atoms with Crippen LogP contribution in [0.4, 0.5) is 10.5 Å². The number of halogens is 1.